The second-order valence-electron chi connectivity index (χ2n) is 6.48. The summed E-state index contributed by atoms with van der Waals surface area (Å²) in [6.45, 7) is 10.9. The van der Waals surface area contributed by atoms with Gasteiger partial charge in [-0.25, -0.2) is 0 Å². The minimum Gasteiger partial charge on any atom is -0.330 e. The van der Waals surface area contributed by atoms with E-state index in [1.165, 1.54) is 0 Å². The molecule has 104 valence electrons. The number of nitrogens with two attached hydrogens (primary N) is 3. The van der Waals surface area contributed by atoms with Crippen LogP contribution in [0.25, 0.3) is 0 Å². The molecule has 17 heavy (non-hydrogen) atoms. The number of nitrogens with one attached hydrogen (secondary N) is 1. The molecule has 0 radical (unpaired) electrons. The van der Waals surface area contributed by atoms with Gasteiger partial charge in [-0.1, -0.05) is 13.8 Å². The molecule has 0 aliphatic heterocycles. The van der Waals surface area contributed by atoms with E-state index in [0.29, 0.717) is 12.6 Å². The maximum atomic E-state index is 6.06. The molecule has 2 unspecified atom stereocenters. The summed E-state index contributed by atoms with van der Waals surface area (Å²) in [6.07, 6.45) is 3.24. The Labute approximate surface area is 107 Å². The van der Waals surface area contributed by atoms with Crippen molar-refractivity contribution in [3.63, 3.8) is 0 Å². The summed E-state index contributed by atoms with van der Waals surface area (Å²) in [4.78, 5) is 0. The Bertz CT molecular complexity index is 200. The third-order valence-corrected chi connectivity index (χ3v) is 3.31. The topological polar surface area (TPSA) is 90.1 Å². The summed E-state index contributed by atoms with van der Waals surface area (Å²) >= 11 is 0. The molecule has 0 amide bonds. The first-order valence-corrected chi connectivity index (χ1v) is 6.62. The van der Waals surface area contributed by atoms with Gasteiger partial charge < -0.3 is 22.5 Å². The SMILES string of the molecule is CC(CN)CC(C)(CCC(C)(C)N)CNCN. The van der Waals surface area contributed by atoms with Gasteiger partial charge in [0, 0.05) is 18.8 Å². The zero-order chi connectivity index (χ0) is 13.5. The van der Waals surface area contributed by atoms with Gasteiger partial charge in [-0.3, -0.25) is 0 Å². The lowest BCUT2D eigenvalue weighted by atomic mass is 9.75. The van der Waals surface area contributed by atoms with Gasteiger partial charge in [0.15, 0.2) is 0 Å². The van der Waals surface area contributed by atoms with Crippen molar-refractivity contribution in [3.8, 4) is 0 Å². The molecule has 0 aromatic heterocycles. The van der Waals surface area contributed by atoms with Crippen molar-refractivity contribution in [3.05, 3.63) is 0 Å². The zero-order valence-corrected chi connectivity index (χ0v) is 12.1. The highest BCUT2D eigenvalue weighted by Crippen LogP contribution is 2.32. The van der Waals surface area contributed by atoms with Crippen molar-refractivity contribution in [1.29, 1.82) is 0 Å². The predicted molar refractivity (Wildman–Crippen MR) is 75.5 cm³/mol. The Balaban J connectivity index is 4.38. The molecule has 0 bridgehead atoms. The molecule has 4 heteroatoms. The summed E-state index contributed by atoms with van der Waals surface area (Å²) in [5, 5.41) is 3.25. The van der Waals surface area contributed by atoms with E-state index in [2.05, 4.69) is 33.0 Å². The van der Waals surface area contributed by atoms with E-state index in [4.69, 9.17) is 17.2 Å². The van der Waals surface area contributed by atoms with Crippen LogP contribution >= 0.6 is 0 Å². The molecule has 0 heterocycles. The minimum absolute atomic E-state index is 0.101. The van der Waals surface area contributed by atoms with Gasteiger partial charge in [0.1, 0.15) is 0 Å². The normalized spacial score (nSPS) is 17.8. The van der Waals surface area contributed by atoms with Gasteiger partial charge in [0.05, 0.1) is 0 Å². The van der Waals surface area contributed by atoms with Gasteiger partial charge in [-0.2, -0.15) is 0 Å². The Morgan fingerprint density at radius 1 is 1.12 bits per heavy atom. The molecule has 7 N–H and O–H groups in total. The minimum atomic E-state index is -0.101. The monoisotopic (exact) mass is 244 g/mol. The first kappa shape index (κ1) is 16.8. The quantitative estimate of drug-likeness (QED) is 0.456. The van der Waals surface area contributed by atoms with E-state index < -0.39 is 0 Å². The molecular formula is C13H32N4. The summed E-state index contributed by atoms with van der Waals surface area (Å²) in [6, 6.07) is 0. The van der Waals surface area contributed by atoms with Crippen LogP contribution in [0.3, 0.4) is 0 Å². The Morgan fingerprint density at radius 2 is 1.71 bits per heavy atom. The van der Waals surface area contributed by atoms with Crippen molar-refractivity contribution in [2.75, 3.05) is 19.8 Å². The number of hydrogen-bond donors (Lipinski definition) is 4. The van der Waals surface area contributed by atoms with Crippen molar-refractivity contribution in [2.24, 2.45) is 28.5 Å². The van der Waals surface area contributed by atoms with Crippen LogP contribution in [-0.4, -0.2) is 25.3 Å². The fraction of sp³-hybridized carbons (Fsp3) is 1.00. The van der Waals surface area contributed by atoms with Crippen LogP contribution in [0.2, 0.25) is 0 Å². The summed E-state index contributed by atoms with van der Waals surface area (Å²) in [5.41, 5.74) is 17.4. The smallest absolute Gasteiger partial charge is 0.0428 e. The molecule has 0 saturated heterocycles. The second kappa shape index (κ2) is 7.31. The van der Waals surface area contributed by atoms with Crippen LogP contribution in [0.15, 0.2) is 0 Å². The summed E-state index contributed by atoms with van der Waals surface area (Å²) in [7, 11) is 0. The van der Waals surface area contributed by atoms with E-state index >= 15 is 0 Å². The highest BCUT2D eigenvalue weighted by molar-refractivity contribution is 4.83. The molecular weight excluding hydrogens is 212 g/mol. The molecule has 0 aliphatic carbocycles. The summed E-state index contributed by atoms with van der Waals surface area (Å²) in [5.74, 6) is 0.542. The fourth-order valence-corrected chi connectivity index (χ4v) is 2.19. The average molecular weight is 244 g/mol. The standard InChI is InChI=1S/C13H32N4/c1-11(8-14)7-13(4,9-17-10-15)6-5-12(2,3)16/h11,17H,5-10,14-16H2,1-4H3. The van der Waals surface area contributed by atoms with Crippen LogP contribution in [0.5, 0.6) is 0 Å². The van der Waals surface area contributed by atoms with Crippen molar-refractivity contribution >= 4 is 0 Å². The van der Waals surface area contributed by atoms with E-state index in [0.717, 1.165) is 32.4 Å². The molecule has 4 nitrogen and oxygen atoms in total. The fourth-order valence-electron chi connectivity index (χ4n) is 2.19. The predicted octanol–water partition coefficient (Wildman–Crippen LogP) is 1.00. The highest BCUT2D eigenvalue weighted by Gasteiger charge is 2.27. The van der Waals surface area contributed by atoms with Crippen LogP contribution in [0.1, 0.15) is 47.0 Å². The van der Waals surface area contributed by atoms with E-state index in [1.807, 2.05) is 0 Å². The number of rotatable bonds is 9. The van der Waals surface area contributed by atoms with Crippen LogP contribution in [-0.2, 0) is 0 Å². The molecule has 0 spiro atoms. The van der Waals surface area contributed by atoms with Gasteiger partial charge in [0.25, 0.3) is 0 Å². The molecule has 0 aromatic rings. The van der Waals surface area contributed by atoms with E-state index in [9.17, 15) is 0 Å². The average Bonchev–Trinajstić information content (AvgIpc) is 2.23. The lowest BCUT2D eigenvalue weighted by Crippen LogP contribution is -2.40. The second-order valence-corrected chi connectivity index (χ2v) is 6.48. The van der Waals surface area contributed by atoms with E-state index in [-0.39, 0.29) is 11.0 Å². The maximum Gasteiger partial charge on any atom is 0.0428 e. The molecule has 0 aromatic carbocycles. The van der Waals surface area contributed by atoms with Gasteiger partial charge in [-0.15, -0.1) is 0 Å². The van der Waals surface area contributed by atoms with Gasteiger partial charge >= 0.3 is 0 Å². The zero-order valence-electron chi connectivity index (χ0n) is 12.1. The van der Waals surface area contributed by atoms with Crippen LogP contribution in [0, 0.1) is 11.3 Å². The molecule has 0 fully saturated rings. The van der Waals surface area contributed by atoms with Crippen molar-refractivity contribution < 1.29 is 0 Å². The third-order valence-electron chi connectivity index (χ3n) is 3.31. The van der Waals surface area contributed by atoms with Crippen molar-refractivity contribution in [1.82, 2.24) is 5.32 Å². The highest BCUT2D eigenvalue weighted by atomic mass is 15.0. The molecule has 0 aliphatic rings. The third kappa shape index (κ3) is 8.55. The van der Waals surface area contributed by atoms with Crippen molar-refractivity contribution in [2.45, 2.75) is 52.5 Å². The first-order valence-electron chi connectivity index (χ1n) is 6.62. The largest absolute Gasteiger partial charge is 0.330 e. The Hall–Kier alpha value is -0.160. The maximum absolute atomic E-state index is 6.06. The lowest BCUT2D eigenvalue weighted by Gasteiger charge is -2.34. The first-order chi connectivity index (χ1) is 7.72. The van der Waals surface area contributed by atoms with Crippen LogP contribution in [0.4, 0.5) is 0 Å². The summed E-state index contributed by atoms with van der Waals surface area (Å²) < 4.78 is 0. The van der Waals surface area contributed by atoms with E-state index in [1.54, 1.807) is 0 Å². The van der Waals surface area contributed by atoms with Gasteiger partial charge in [-0.05, 0) is 51.0 Å². The Kier molecular flexibility index (Phi) is 7.24. The number of hydrogen-bond acceptors (Lipinski definition) is 4. The lowest BCUT2D eigenvalue weighted by molar-refractivity contribution is 0.201. The Morgan fingerprint density at radius 3 is 2.12 bits per heavy atom. The van der Waals surface area contributed by atoms with Gasteiger partial charge in [0.2, 0.25) is 0 Å². The molecule has 0 rings (SSSR count). The molecule has 0 saturated carbocycles. The molecule has 2 atom stereocenters. The van der Waals surface area contributed by atoms with Crippen LogP contribution < -0.4 is 22.5 Å².